The summed E-state index contributed by atoms with van der Waals surface area (Å²) in [6.07, 6.45) is 1.58. The number of ether oxygens (including phenoxy) is 1. The molecule has 0 unspecified atom stereocenters. The number of rotatable bonds is 10. The first-order valence-corrected chi connectivity index (χ1v) is 11.3. The molecule has 0 spiro atoms. The summed E-state index contributed by atoms with van der Waals surface area (Å²) in [6, 6.07) is 16.2. The molecule has 2 aromatic rings. The second-order valence-corrected chi connectivity index (χ2v) is 8.12. The van der Waals surface area contributed by atoms with Gasteiger partial charge in [0.05, 0.1) is 6.54 Å². The van der Waals surface area contributed by atoms with Crippen molar-refractivity contribution in [2.75, 3.05) is 45.2 Å². The molecule has 3 rings (SSSR count). The highest BCUT2D eigenvalue weighted by molar-refractivity contribution is 14.0. The number of halogens is 1. The zero-order valence-electron chi connectivity index (χ0n) is 19.8. The van der Waals surface area contributed by atoms with E-state index in [9.17, 15) is 4.79 Å². The summed E-state index contributed by atoms with van der Waals surface area (Å²) in [4.78, 5) is 20.6. The molecule has 1 saturated heterocycles. The number of carbonyl (C=O) groups excluding carboxylic acids is 1. The maximum Gasteiger partial charge on any atom is 0.227 e. The lowest BCUT2D eigenvalue weighted by Gasteiger charge is -2.16. The molecule has 2 aromatic carbocycles. The van der Waals surface area contributed by atoms with Crippen molar-refractivity contribution in [3.8, 4) is 5.75 Å². The predicted molar refractivity (Wildman–Crippen MR) is 146 cm³/mol. The first-order chi connectivity index (χ1) is 15.6. The third-order valence-corrected chi connectivity index (χ3v) is 5.30. The highest BCUT2D eigenvalue weighted by Crippen LogP contribution is 2.22. The van der Waals surface area contributed by atoms with Crippen molar-refractivity contribution < 1.29 is 9.53 Å². The van der Waals surface area contributed by atoms with Gasteiger partial charge in [0.1, 0.15) is 12.4 Å². The molecule has 8 heteroatoms. The smallest absolute Gasteiger partial charge is 0.227 e. The number of amides is 1. The van der Waals surface area contributed by atoms with Gasteiger partial charge in [-0.2, -0.15) is 0 Å². The Morgan fingerprint density at radius 3 is 2.55 bits per heavy atom. The molecule has 1 heterocycles. The average Bonchev–Trinajstić information content (AvgIpc) is 3.22. The van der Waals surface area contributed by atoms with Crippen molar-refractivity contribution in [1.29, 1.82) is 0 Å². The van der Waals surface area contributed by atoms with Crippen LogP contribution < -0.4 is 20.3 Å². The lowest BCUT2D eigenvalue weighted by Crippen LogP contribution is -2.36. The first kappa shape index (κ1) is 26.9. The Morgan fingerprint density at radius 1 is 1.12 bits per heavy atom. The van der Waals surface area contributed by atoms with Gasteiger partial charge in [-0.05, 0) is 51.2 Å². The molecule has 0 saturated carbocycles. The van der Waals surface area contributed by atoms with Gasteiger partial charge in [0, 0.05) is 43.9 Å². The minimum Gasteiger partial charge on any atom is -0.492 e. The maximum atomic E-state index is 11.9. The van der Waals surface area contributed by atoms with Crippen LogP contribution in [0.15, 0.2) is 53.5 Å². The fraction of sp³-hybridized carbons (Fsp3) is 0.440. The quantitative estimate of drug-likeness (QED) is 0.262. The normalized spacial score (nSPS) is 13.8. The van der Waals surface area contributed by atoms with Crippen LogP contribution in [0.3, 0.4) is 0 Å². The molecule has 0 bridgehead atoms. The van der Waals surface area contributed by atoms with E-state index in [1.807, 2.05) is 61.5 Å². The van der Waals surface area contributed by atoms with E-state index in [-0.39, 0.29) is 29.9 Å². The number of anilines is 1. The van der Waals surface area contributed by atoms with Crippen molar-refractivity contribution in [1.82, 2.24) is 15.5 Å². The third kappa shape index (κ3) is 8.51. The summed E-state index contributed by atoms with van der Waals surface area (Å²) in [6.45, 7) is 6.35. The molecule has 2 N–H and O–H groups in total. The van der Waals surface area contributed by atoms with Gasteiger partial charge >= 0.3 is 0 Å². The maximum absolute atomic E-state index is 11.9. The molecule has 0 aromatic heterocycles. The molecule has 1 aliphatic heterocycles. The largest absolute Gasteiger partial charge is 0.492 e. The third-order valence-electron chi connectivity index (χ3n) is 5.30. The van der Waals surface area contributed by atoms with Crippen LogP contribution in [0.5, 0.6) is 5.75 Å². The lowest BCUT2D eigenvalue weighted by atomic mass is 10.2. The topological polar surface area (TPSA) is 69.2 Å². The molecule has 1 fully saturated rings. The highest BCUT2D eigenvalue weighted by Gasteiger charge is 2.21. The van der Waals surface area contributed by atoms with E-state index in [2.05, 4.69) is 28.5 Å². The summed E-state index contributed by atoms with van der Waals surface area (Å²) >= 11 is 0. The van der Waals surface area contributed by atoms with E-state index < -0.39 is 0 Å². The number of benzene rings is 2. The first-order valence-electron chi connectivity index (χ1n) is 11.3. The van der Waals surface area contributed by atoms with E-state index in [1.54, 1.807) is 0 Å². The standard InChI is InChI=1S/C25H35N5O2.HI/c1-4-26-25(28-19-21-8-5-6-9-23(21)32-17-16-29(2)3)27-18-20-11-13-22(14-12-20)30-15-7-10-24(30)31;/h5-6,8-9,11-14H,4,7,10,15-19H2,1-3H3,(H2,26,27,28);1H. The van der Waals surface area contributed by atoms with Gasteiger partial charge in [-0.1, -0.05) is 30.3 Å². The number of likely N-dealkylation sites (N-methyl/N-ethyl adjacent to an activating group) is 1. The van der Waals surface area contributed by atoms with Gasteiger partial charge in [0.2, 0.25) is 5.91 Å². The van der Waals surface area contributed by atoms with Crippen LogP contribution in [0.4, 0.5) is 5.69 Å². The zero-order valence-corrected chi connectivity index (χ0v) is 22.2. The average molecular weight is 566 g/mol. The van der Waals surface area contributed by atoms with Gasteiger partial charge in [0.15, 0.2) is 5.96 Å². The van der Waals surface area contributed by atoms with Crippen LogP contribution in [0, 0.1) is 0 Å². The monoisotopic (exact) mass is 565 g/mol. The number of carbonyl (C=O) groups is 1. The SMILES string of the molecule is CCNC(=NCc1ccc(N2CCCC2=O)cc1)NCc1ccccc1OCCN(C)C.I. The van der Waals surface area contributed by atoms with E-state index in [1.165, 1.54) is 0 Å². The molecule has 0 aliphatic carbocycles. The van der Waals surface area contributed by atoms with Crippen molar-refractivity contribution in [2.45, 2.75) is 32.9 Å². The van der Waals surface area contributed by atoms with Gasteiger partial charge in [-0.25, -0.2) is 4.99 Å². The molecule has 33 heavy (non-hydrogen) atoms. The number of hydrogen-bond donors (Lipinski definition) is 2. The Balaban J connectivity index is 0.00000385. The Bertz CT molecular complexity index is 902. The number of para-hydroxylation sites is 1. The minimum absolute atomic E-state index is 0. The summed E-state index contributed by atoms with van der Waals surface area (Å²) < 4.78 is 5.96. The highest BCUT2D eigenvalue weighted by atomic mass is 127. The molecular formula is C25H36IN5O2. The van der Waals surface area contributed by atoms with Crippen molar-refractivity contribution in [3.05, 3.63) is 59.7 Å². The van der Waals surface area contributed by atoms with Gasteiger partial charge in [-0.15, -0.1) is 24.0 Å². The van der Waals surface area contributed by atoms with Gasteiger partial charge in [-0.3, -0.25) is 4.79 Å². The van der Waals surface area contributed by atoms with Crippen LogP contribution in [-0.4, -0.2) is 57.1 Å². The summed E-state index contributed by atoms with van der Waals surface area (Å²) in [5, 5.41) is 6.71. The molecule has 180 valence electrons. The Hall–Kier alpha value is -2.33. The van der Waals surface area contributed by atoms with Crippen LogP contribution in [0.25, 0.3) is 0 Å². The lowest BCUT2D eigenvalue weighted by molar-refractivity contribution is -0.117. The summed E-state index contributed by atoms with van der Waals surface area (Å²) in [7, 11) is 4.07. The molecule has 1 aliphatic rings. The number of nitrogens with zero attached hydrogens (tertiary/aromatic N) is 3. The minimum atomic E-state index is 0. The summed E-state index contributed by atoms with van der Waals surface area (Å²) in [5.41, 5.74) is 3.16. The van der Waals surface area contributed by atoms with Crippen molar-refractivity contribution >= 4 is 41.5 Å². The van der Waals surface area contributed by atoms with Crippen LogP contribution in [0.2, 0.25) is 0 Å². The van der Waals surface area contributed by atoms with Gasteiger partial charge < -0.3 is 25.2 Å². The van der Waals surface area contributed by atoms with Crippen molar-refractivity contribution in [3.63, 3.8) is 0 Å². The summed E-state index contributed by atoms with van der Waals surface area (Å²) in [5.74, 6) is 1.86. The molecule has 1 amide bonds. The van der Waals surface area contributed by atoms with E-state index in [0.29, 0.717) is 26.1 Å². The van der Waals surface area contributed by atoms with E-state index >= 15 is 0 Å². The zero-order chi connectivity index (χ0) is 22.8. The fourth-order valence-electron chi connectivity index (χ4n) is 3.52. The fourth-order valence-corrected chi connectivity index (χ4v) is 3.52. The number of hydrogen-bond acceptors (Lipinski definition) is 4. The second-order valence-electron chi connectivity index (χ2n) is 8.12. The van der Waals surface area contributed by atoms with Crippen LogP contribution >= 0.6 is 24.0 Å². The Morgan fingerprint density at radius 2 is 1.88 bits per heavy atom. The second kappa shape index (κ2) is 14.0. The van der Waals surface area contributed by atoms with Crippen LogP contribution in [-0.2, 0) is 17.9 Å². The van der Waals surface area contributed by atoms with Gasteiger partial charge in [0.25, 0.3) is 0 Å². The molecular weight excluding hydrogens is 529 g/mol. The molecule has 0 atom stereocenters. The number of aliphatic imine (C=N–C) groups is 1. The van der Waals surface area contributed by atoms with Crippen LogP contribution in [0.1, 0.15) is 30.9 Å². The number of guanidine groups is 1. The molecule has 0 radical (unpaired) electrons. The Labute approximate surface area is 214 Å². The van der Waals surface area contributed by atoms with Crippen molar-refractivity contribution in [2.24, 2.45) is 4.99 Å². The predicted octanol–water partition coefficient (Wildman–Crippen LogP) is 3.63. The molecule has 7 nitrogen and oxygen atoms in total. The number of nitrogens with one attached hydrogen (secondary N) is 2. The Kier molecular flexibility index (Phi) is 11.5. The van der Waals surface area contributed by atoms with E-state index in [0.717, 1.165) is 54.6 Å². The van der Waals surface area contributed by atoms with E-state index in [4.69, 9.17) is 9.73 Å².